The van der Waals surface area contributed by atoms with Crippen LogP contribution in [-0.4, -0.2) is 48.6 Å². The molecule has 0 aliphatic carbocycles. The molecule has 0 aromatic heterocycles. The fourth-order valence-corrected chi connectivity index (χ4v) is 3.68. The van der Waals surface area contributed by atoms with Crippen molar-refractivity contribution in [2.75, 3.05) is 20.6 Å². The number of hydrogen-bond acceptors (Lipinski definition) is 3. The molecule has 1 aromatic rings. The van der Waals surface area contributed by atoms with E-state index in [1.807, 2.05) is 23.1 Å². The summed E-state index contributed by atoms with van der Waals surface area (Å²) in [5, 5.41) is 0.196. The number of hydrogen-bond donors (Lipinski definition) is 1. The van der Waals surface area contributed by atoms with Crippen molar-refractivity contribution in [3.63, 3.8) is 0 Å². The Morgan fingerprint density at radius 1 is 1.45 bits per heavy atom. The van der Waals surface area contributed by atoms with E-state index in [-0.39, 0.29) is 11.2 Å². The van der Waals surface area contributed by atoms with Gasteiger partial charge in [-0.05, 0) is 19.1 Å². The van der Waals surface area contributed by atoms with Gasteiger partial charge < -0.3 is 4.90 Å². The quantitative estimate of drug-likeness (QED) is 0.900. The van der Waals surface area contributed by atoms with E-state index in [2.05, 4.69) is 27.1 Å². The molecule has 2 heterocycles. The van der Waals surface area contributed by atoms with E-state index in [4.69, 9.17) is 4.99 Å². The van der Waals surface area contributed by atoms with Crippen molar-refractivity contribution in [2.24, 2.45) is 4.99 Å². The average Bonchev–Trinajstić information content (AvgIpc) is 2.72. The lowest BCUT2D eigenvalue weighted by molar-refractivity contribution is -0.882. The van der Waals surface area contributed by atoms with E-state index < -0.39 is 0 Å². The van der Waals surface area contributed by atoms with Gasteiger partial charge in [-0.3, -0.25) is 9.69 Å². The van der Waals surface area contributed by atoms with Crippen molar-refractivity contribution in [3.05, 3.63) is 24.3 Å². The molecule has 0 saturated carbocycles. The Morgan fingerprint density at radius 2 is 2.20 bits per heavy atom. The molecular weight excluding hydrogens is 270 g/mol. The van der Waals surface area contributed by atoms with Gasteiger partial charge in [0.2, 0.25) is 5.91 Å². The average molecular weight is 290 g/mol. The van der Waals surface area contributed by atoms with Gasteiger partial charge in [0.25, 0.3) is 0 Å². The molecule has 2 atom stereocenters. The van der Waals surface area contributed by atoms with Crippen molar-refractivity contribution < 1.29 is 9.69 Å². The highest BCUT2D eigenvalue weighted by atomic mass is 32.2. The number of benzene rings is 1. The van der Waals surface area contributed by atoms with Gasteiger partial charge in [0.15, 0.2) is 0 Å². The van der Waals surface area contributed by atoms with E-state index in [0.717, 1.165) is 18.1 Å². The van der Waals surface area contributed by atoms with Crippen LogP contribution in [0, 0.1) is 0 Å². The van der Waals surface area contributed by atoms with Gasteiger partial charge in [0, 0.05) is 11.3 Å². The molecule has 106 valence electrons. The normalized spacial score (nSPS) is 22.6. The first-order valence-corrected chi connectivity index (χ1v) is 7.89. The Morgan fingerprint density at radius 3 is 2.95 bits per heavy atom. The molecule has 1 aromatic carbocycles. The highest BCUT2D eigenvalue weighted by molar-refractivity contribution is 8.01. The number of amidine groups is 1. The number of likely N-dealkylation sites (N-methyl/N-ethyl adjacent to an activating group) is 1. The number of carbonyl (C=O) groups is 1. The minimum absolute atomic E-state index is 0.196. The fraction of sp³-hybridized carbons (Fsp3) is 0.467. The maximum Gasteiger partial charge on any atom is 0.229 e. The molecule has 2 aliphatic heterocycles. The van der Waals surface area contributed by atoms with E-state index in [1.54, 1.807) is 11.8 Å². The van der Waals surface area contributed by atoms with Gasteiger partial charge in [0.05, 0.1) is 31.6 Å². The van der Waals surface area contributed by atoms with Crippen LogP contribution in [0.15, 0.2) is 34.2 Å². The number of nitrogens with one attached hydrogen (secondary N) is 1. The maximum absolute atomic E-state index is 12.3. The van der Waals surface area contributed by atoms with Gasteiger partial charge in [-0.25, -0.2) is 4.99 Å². The Balaban J connectivity index is 1.89. The van der Waals surface area contributed by atoms with Gasteiger partial charge in [-0.15, -0.1) is 11.8 Å². The van der Waals surface area contributed by atoms with Gasteiger partial charge >= 0.3 is 0 Å². The second-order valence-corrected chi connectivity index (χ2v) is 6.98. The predicted octanol–water partition coefficient (Wildman–Crippen LogP) is 0.956. The number of para-hydroxylation sites is 1. The third-order valence-electron chi connectivity index (χ3n) is 4.04. The molecule has 4 nitrogen and oxygen atoms in total. The lowest BCUT2D eigenvalue weighted by Crippen LogP contribution is -3.10. The smallest absolute Gasteiger partial charge is 0.229 e. The lowest BCUT2D eigenvalue weighted by atomic mass is 10.3. The van der Waals surface area contributed by atoms with E-state index in [0.29, 0.717) is 12.5 Å². The van der Waals surface area contributed by atoms with Crippen molar-refractivity contribution in [1.29, 1.82) is 0 Å². The molecule has 20 heavy (non-hydrogen) atoms. The van der Waals surface area contributed by atoms with Crippen LogP contribution < -0.4 is 4.90 Å². The van der Waals surface area contributed by atoms with E-state index in [1.165, 1.54) is 9.80 Å². The minimum atomic E-state index is 0.196. The summed E-state index contributed by atoms with van der Waals surface area (Å²) in [6, 6.07) is 8.53. The minimum Gasteiger partial charge on any atom is -0.336 e. The van der Waals surface area contributed by atoms with Gasteiger partial charge in [-0.2, -0.15) is 0 Å². The first-order valence-electron chi connectivity index (χ1n) is 7.01. The Kier molecular flexibility index (Phi) is 3.56. The highest BCUT2D eigenvalue weighted by Crippen LogP contribution is 2.42. The van der Waals surface area contributed by atoms with Crippen LogP contribution in [0.1, 0.15) is 13.3 Å². The topological polar surface area (TPSA) is 37.1 Å². The van der Waals surface area contributed by atoms with Crippen molar-refractivity contribution in [3.8, 4) is 0 Å². The van der Waals surface area contributed by atoms with Crippen molar-refractivity contribution in [1.82, 2.24) is 4.90 Å². The number of likely N-dealkylation sites (tertiary alicyclic amines) is 1. The summed E-state index contributed by atoms with van der Waals surface area (Å²) in [5.74, 6) is 1.16. The first kappa shape index (κ1) is 13.6. The summed E-state index contributed by atoms with van der Waals surface area (Å²) in [4.78, 5) is 21.4. The van der Waals surface area contributed by atoms with Crippen molar-refractivity contribution >= 4 is 29.2 Å². The molecule has 0 spiro atoms. The molecular formula is C15H20N3OS+. The van der Waals surface area contributed by atoms with E-state index in [9.17, 15) is 4.79 Å². The number of fused-ring (bicyclic) bond motifs is 2. The molecule has 1 N–H and O–H groups in total. The molecule has 5 heteroatoms. The van der Waals surface area contributed by atoms with Crippen LogP contribution >= 0.6 is 11.8 Å². The van der Waals surface area contributed by atoms with Gasteiger partial charge in [0.1, 0.15) is 11.9 Å². The number of carbonyl (C=O) groups excluding carboxylic acids is 1. The standard InChI is InChI=1S/C15H19N3OS/c1-10(17(2)3)9-18-14(19)8-13-15(18)16-11-6-4-5-7-12(11)20-13/h4-7,10,13H,8-9H2,1-3H3/p+1/t10-,13+/m1/s1. The van der Waals surface area contributed by atoms with Gasteiger partial charge in [-0.1, -0.05) is 12.1 Å². The van der Waals surface area contributed by atoms with E-state index >= 15 is 0 Å². The SMILES string of the molecule is C[C@H](CN1C(=O)C[C@@H]2Sc3ccccc3N=C21)[NH+](C)C. The first-order chi connectivity index (χ1) is 9.56. The largest absolute Gasteiger partial charge is 0.336 e. The number of nitrogens with zero attached hydrogens (tertiary/aromatic N) is 2. The molecule has 1 fully saturated rings. The Bertz CT molecular complexity index is 570. The van der Waals surface area contributed by atoms with Crippen molar-refractivity contribution in [2.45, 2.75) is 29.5 Å². The maximum atomic E-state index is 12.3. The molecule has 1 amide bonds. The highest BCUT2D eigenvalue weighted by Gasteiger charge is 2.40. The summed E-state index contributed by atoms with van der Waals surface area (Å²) in [6.45, 7) is 2.92. The Hall–Kier alpha value is -1.33. The van der Waals surface area contributed by atoms with Crippen LogP contribution in [0.25, 0.3) is 0 Å². The number of thioether (sulfide) groups is 1. The zero-order valence-electron chi connectivity index (χ0n) is 12.1. The third kappa shape index (κ3) is 2.36. The Labute approximate surface area is 123 Å². The summed E-state index contributed by atoms with van der Waals surface area (Å²) in [5.41, 5.74) is 0.994. The second-order valence-electron chi connectivity index (χ2n) is 5.73. The fourth-order valence-electron chi connectivity index (χ4n) is 2.47. The van der Waals surface area contributed by atoms with Crippen LogP contribution in [0.5, 0.6) is 0 Å². The molecule has 1 saturated heterocycles. The molecule has 3 rings (SSSR count). The molecule has 2 aliphatic rings. The summed E-state index contributed by atoms with van der Waals surface area (Å²) >= 11 is 1.77. The number of quaternary nitrogens is 1. The zero-order valence-corrected chi connectivity index (χ0v) is 12.9. The number of rotatable bonds is 3. The molecule has 0 bridgehead atoms. The van der Waals surface area contributed by atoms with Crippen LogP contribution in [-0.2, 0) is 4.79 Å². The monoisotopic (exact) mass is 290 g/mol. The van der Waals surface area contributed by atoms with Crippen LogP contribution in [0.4, 0.5) is 5.69 Å². The summed E-state index contributed by atoms with van der Waals surface area (Å²) < 4.78 is 0. The van der Waals surface area contributed by atoms with Crippen LogP contribution in [0.2, 0.25) is 0 Å². The predicted molar refractivity (Wildman–Crippen MR) is 81.8 cm³/mol. The summed E-state index contributed by atoms with van der Waals surface area (Å²) in [7, 11) is 4.24. The third-order valence-corrected chi connectivity index (χ3v) is 5.30. The second kappa shape index (κ2) is 5.22. The summed E-state index contributed by atoms with van der Waals surface area (Å²) in [6.07, 6.45) is 0.577. The van der Waals surface area contributed by atoms with Crippen LogP contribution in [0.3, 0.4) is 0 Å². The molecule has 0 radical (unpaired) electrons. The number of aliphatic imine (C=N–C) groups is 1. The number of amides is 1. The molecule has 0 unspecified atom stereocenters. The zero-order chi connectivity index (χ0) is 14.3. The lowest BCUT2D eigenvalue weighted by Gasteiger charge is -2.26.